The fourth-order valence-electron chi connectivity index (χ4n) is 5.52. The lowest BCUT2D eigenvalue weighted by atomic mass is 9.84. The van der Waals surface area contributed by atoms with E-state index in [1.54, 1.807) is 0 Å². The number of rotatable bonds is 1. The second-order valence-corrected chi connectivity index (χ2v) is 8.34. The summed E-state index contributed by atoms with van der Waals surface area (Å²) in [5.41, 5.74) is 7.79. The molecule has 0 bridgehead atoms. The highest BCUT2D eigenvalue weighted by Gasteiger charge is 2.24. The molecule has 5 aromatic rings. The molecule has 2 aliphatic carbocycles. The van der Waals surface area contributed by atoms with Crippen LogP contribution in [0.4, 0.5) is 0 Å². The van der Waals surface area contributed by atoms with Crippen molar-refractivity contribution < 1.29 is 0 Å². The number of benzene rings is 3. The third kappa shape index (κ3) is 2.06. The summed E-state index contributed by atoms with van der Waals surface area (Å²) in [6.07, 6.45) is 12.8. The summed E-state index contributed by atoms with van der Waals surface area (Å²) in [7, 11) is 0. The van der Waals surface area contributed by atoms with Gasteiger partial charge in [0.2, 0.25) is 0 Å². The van der Waals surface area contributed by atoms with Crippen LogP contribution in [0.2, 0.25) is 0 Å². The van der Waals surface area contributed by atoms with E-state index in [2.05, 4.69) is 89.5 Å². The van der Waals surface area contributed by atoms with E-state index in [1.165, 1.54) is 55.0 Å². The highest BCUT2D eigenvalue weighted by Crippen LogP contribution is 2.45. The second-order valence-electron chi connectivity index (χ2n) is 8.34. The van der Waals surface area contributed by atoms with E-state index in [9.17, 15) is 0 Å². The quantitative estimate of drug-likeness (QED) is 0.299. The highest BCUT2D eigenvalue weighted by molar-refractivity contribution is 6.24. The van der Waals surface area contributed by atoms with Crippen LogP contribution in [0.5, 0.6) is 0 Å². The minimum Gasteiger partial charge on any atom is -0.333 e. The van der Waals surface area contributed by atoms with Gasteiger partial charge in [-0.15, -0.1) is 0 Å². The van der Waals surface area contributed by atoms with Crippen LogP contribution < -0.4 is 0 Å². The van der Waals surface area contributed by atoms with Crippen molar-refractivity contribution >= 4 is 32.6 Å². The minimum absolute atomic E-state index is 0.335. The molecule has 0 saturated heterocycles. The Morgan fingerprint density at radius 1 is 0.800 bits per heavy atom. The first kappa shape index (κ1) is 16.2. The zero-order valence-corrected chi connectivity index (χ0v) is 16.5. The zero-order chi connectivity index (χ0) is 19.7. The summed E-state index contributed by atoms with van der Waals surface area (Å²) >= 11 is 0. The Hall–Kier alpha value is -3.65. The van der Waals surface area contributed by atoms with Crippen molar-refractivity contribution in [3.05, 3.63) is 102 Å². The number of fused-ring (bicyclic) bond motifs is 6. The Bertz CT molecular complexity index is 1550. The summed E-state index contributed by atoms with van der Waals surface area (Å²) in [4.78, 5) is 4.71. The molecule has 0 N–H and O–H groups in total. The SMILES string of the molecule is C1=CCC(n2c3ccccc3c3c4cccc5c4c(cc32)-c2cccnc2C5)C=C1. The minimum atomic E-state index is 0.335. The van der Waals surface area contributed by atoms with E-state index in [0.717, 1.165) is 12.8 Å². The van der Waals surface area contributed by atoms with Crippen LogP contribution in [-0.2, 0) is 6.42 Å². The molecule has 30 heavy (non-hydrogen) atoms. The average molecular weight is 384 g/mol. The fourth-order valence-corrected chi connectivity index (χ4v) is 5.52. The molecule has 0 aliphatic heterocycles. The lowest BCUT2D eigenvalue weighted by Gasteiger charge is -2.22. The van der Waals surface area contributed by atoms with Gasteiger partial charge in [-0.3, -0.25) is 4.98 Å². The Kier molecular flexibility index (Phi) is 3.20. The summed E-state index contributed by atoms with van der Waals surface area (Å²) in [6, 6.07) is 22.7. The summed E-state index contributed by atoms with van der Waals surface area (Å²) in [5, 5.41) is 5.48. The van der Waals surface area contributed by atoms with Crippen LogP contribution in [0.15, 0.2) is 91.2 Å². The number of aromatic nitrogens is 2. The van der Waals surface area contributed by atoms with Gasteiger partial charge in [-0.05, 0) is 46.5 Å². The summed E-state index contributed by atoms with van der Waals surface area (Å²) < 4.78 is 2.54. The zero-order valence-electron chi connectivity index (χ0n) is 16.5. The molecule has 1 unspecified atom stereocenters. The molecule has 2 aromatic heterocycles. The van der Waals surface area contributed by atoms with Gasteiger partial charge in [-0.2, -0.15) is 0 Å². The van der Waals surface area contributed by atoms with Crippen LogP contribution >= 0.6 is 0 Å². The average Bonchev–Trinajstić information content (AvgIpc) is 3.14. The number of hydrogen-bond donors (Lipinski definition) is 0. The van der Waals surface area contributed by atoms with Gasteiger partial charge in [-0.1, -0.05) is 66.8 Å². The molecule has 0 fully saturated rings. The molecule has 2 nitrogen and oxygen atoms in total. The van der Waals surface area contributed by atoms with Crippen LogP contribution in [0.1, 0.15) is 23.7 Å². The van der Waals surface area contributed by atoms with Gasteiger partial charge < -0.3 is 4.57 Å². The van der Waals surface area contributed by atoms with Crippen molar-refractivity contribution in [1.29, 1.82) is 0 Å². The van der Waals surface area contributed by atoms with Crippen LogP contribution in [0, 0.1) is 0 Å². The fraction of sp³-hybridized carbons (Fsp3) is 0.107. The van der Waals surface area contributed by atoms with Crippen molar-refractivity contribution in [3.63, 3.8) is 0 Å². The molecule has 2 heterocycles. The standard InChI is InChI=1S/C28H20N2/c1-2-9-19(10-3-1)30-25-14-5-4-11-21(25)28-22-12-6-8-18-16-24-20(13-7-15-29-24)23(27(18)22)17-26(28)30/h1-9,11-15,17,19H,10,16H2. The first-order valence-corrected chi connectivity index (χ1v) is 10.6. The number of para-hydroxylation sites is 1. The molecule has 142 valence electrons. The number of hydrogen-bond acceptors (Lipinski definition) is 1. The molecule has 0 spiro atoms. The Morgan fingerprint density at radius 2 is 1.73 bits per heavy atom. The molecular weight excluding hydrogens is 364 g/mol. The topological polar surface area (TPSA) is 17.8 Å². The molecule has 2 heteroatoms. The Morgan fingerprint density at radius 3 is 2.67 bits per heavy atom. The van der Waals surface area contributed by atoms with Crippen molar-refractivity contribution in [2.24, 2.45) is 0 Å². The number of pyridine rings is 1. The number of allylic oxidation sites excluding steroid dienone is 4. The van der Waals surface area contributed by atoms with Gasteiger partial charge in [0.05, 0.1) is 17.3 Å². The Balaban J connectivity index is 1.71. The molecule has 2 aliphatic rings. The predicted molar refractivity (Wildman–Crippen MR) is 125 cm³/mol. The lowest BCUT2D eigenvalue weighted by molar-refractivity contribution is 0.648. The summed E-state index contributed by atoms with van der Waals surface area (Å²) in [6.45, 7) is 0. The first-order chi connectivity index (χ1) is 14.9. The van der Waals surface area contributed by atoms with E-state index in [-0.39, 0.29) is 0 Å². The van der Waals surface area contributed by atoms with Gasteiger partial charge in [0, 0.05) is 34.5 Å². The predicted octanol–water partition coefficient (Wildman–Crippen LogP) is 6.97. The second kappa shape index (κ2) is 5.93. The Labute approximate surface area is 174 Å². The van der Waals surface area contributed by atoms with E-state index < -0.39 is 0 Å². The van der Waals surface area contributed by atoms with Crippen molar-refractivity contribution in [1.82, 2.24) is 9.55 Å². The molecular formula is C28H20N2. The van der Waals surface area contributed by atoms with E-state index >= 15 is 0 Å². The largest absolute Gasteiger partial charge is 0.333 e. The smallest absolute Gasteiger partial charge is 0.0560 e. The van der Waals surface area contributed by atoms with Crippen molar-refractivity contribution in [2.45, 2.75) is 18.9 Å². The molecule has 0 saturated carbocycles. The molecule has 0 amide bonds. The molecule has 0 radical (unpaired) electrons. The van der Waals surface area contributed by atoms with Gasteiger partial charge in [0.1, 0.15) is 0 Å². The third-order valence-corrected chi connectivity index (χ3v) is 6.75. The van der Waals surface area contributed by atoms with Gasteiger partial charge in [-0.25, -0.2) is 0 Å². The maximum atomic E-state index is 4.71. The molecule has 7 rings (SSSR count). The first-order valence-electron chi connectivity index (χ1n) is 10.6. The normalized spacial score (nSPS) is 17.1. The van der Waals surface area contributed by atoms with Crippen LogP contribution in [-0.4, -0.2) is 9.55 Å². The van der Waals surface area contributed by atoms with Crippen molar-refractivity contribution in [2.75, 3.05) is 0 Å². The van der Waals surface area contributed by atoms with Gasteiger partial charge in [0.25, 0.3) is 0 Å². The third-order valence-electron chi connectivity index (χ3n) is 6.75. The van der Waals surface area contributed by atoms with E-state index in [4.69, 9.17) is 4.98 Å². The highest BCUT2D eigenvalue weighted by atomic mass is 15.0. The molecule has 3 aromatic carbocycles. The maximum absolute atomic E-state index is 4.71. The lowest BCUT2D eigenvalue weighted by Crippen LogP contribution is -2.08. The van der Waals surface area contributed by atoms with Gasteiger partial charge in [0.15, 0.2) is 0 Å². The van der Waals surface area contributed by atoms with E-state index in [1.807, 2.05) is 6.20 Å². The number of nitrogens with zero attached hydrogens (tertiary/aromatic N) is 2. The van der Waals surface area contributed by atoms with Crippen LogP contribution in [0.25, 0.3) is 43.7 Å². The summed E-state index contributed by atoms with van der Waals surface area (Å²) in [5.74, 6) is 0. The van der Waals surface area contributed by atoms with Crippen LogP contribution in [0.3, 0.4) is 0 Å². The monoisotopic (exact) mass is 384 g/mol. The van der Waals surface area contributed by atoms with E-state index in [0.29, 0.717) is 6.04 Å². The van der Waals surface area contributed by atoms with Crippen molar-refractivity contribution in [3.8, 4) is 11.1 Å². The molecule has 1 atom stereocenters. The van der Waals surface area contributed by atoms with Gasteiger partial charge >= 0.3 is 0 Å². The maximum Gasteiger partial charge on any atom is 0.0560 e.